The van der Waals surface area contributed by atoms with E-state index in [1.54, 1.807) is 6.07 Å². The molecule has 66 valence electrons. The minimum absolute atomic E-state index is 0.343. The van der Waals surface area contributed by atoms with Gasteiger partial charge in [-0.25, -0.2) is 0 Å². The van der Waals surface area contributed by atoms with Crippen LogP contribution in [0.5, 0.6) is 5.75 Å². The number of rotatable bonds is 3. The van der Waals surface area contributed by atoms with Gasteiger partial charge < -0.3 is 10.4 Å². The van der Waals surface area contributed by atoms with Crippen molar-refractivity contribution in [3.63, 3.8) is 0 Å². The lowest BCUT2D eigenvalue weighted by molar-refractivity contribution is 0.473. The van der Waals surface area contributed by atoms with Crippen molar-refractivity contribution in [1.82, 2.24) is 5.32 Å². The van der Waals surface area contributed by atoms with Crippen LogP contribution in [0.2, 0.25) is 0 Å². The second-order valence-corrected chi connectivity index (χ2v) is 3.05. The summed E-state index contributed by atoms with van der Waals surface area (Å²) in [6.07, 6.45) is 0. The molecule has 0 saturated heterocycles. The van der Waals surface area contributed by atoms with Crippen molar-refractivity contribution in [3.05, 3.63) is 29.8 Å². The normalized spacial score (nSPS) is 12.8. The van der Waals surface area contributed by atoms with Gasteiger partial charge in [0, 0.05) is 6.54 Å². The Morgan fingerprint density at radius 1 is 1.50 bits per heavy atom. The van der Waals surface area contributed by atoms with E-state index in [9.17, 15) is 5.11 Å². The molecule has 0 aliphatic carbocycles. The Hall–Kier alpha value is -1.02. The molecule has 1 aromatic rings. The molecule has 1 atom stereocenters. The molecule has 12 heavy (non-hydrogen) atoms. The first-order chi connectivity index (χ1) is 5.74. The number of benzene rings is 1. The molecule has 0 aromatic heterocycles. The van der Waals surface area contributed by atoms with Gasteiger partial charge in [0.2, 0.25) is 0 Å². The predicted molar refractivity (Wildman–Crippen MR) is 50.4 cm³/mol. The standard InChI is InChI=1S/C10H15NO/c1-8(7-11-2)9-4-3-5-10(12)6-9/h3-6,8,11-12H,7H2,1-2H3/t8-/m0/s1. The fraction of sp³-hybridized carbons (Fsp3) is 0.400. The summed E-state index contributed by atoms with van der Waals surface area (Å²) < 4.78 is 0. The molecule has 0 aliphatic rings. The monoisotopic (exact) mass is 165 g/mol. The van der Waals surface area contributed by atoms with Gasteiger partial charge >= 0.3 is 0 Å². The summed E-state index contributed by atoms with van der Waals surface area (Å²) in [6.45, 7) is 3.06. The third-order valence-electron chi connectivity index (χ3n) is 1.95. The van der Waals surface area contributed by atoms with Crippen molar-refractivity contribution < 1.29 is 5.11 Å². The van der Waals surface area contributed by atoms with Gasteiger partial charge in [-0.1, -0.05) is 19.1 Å². The first-order valence-corrected chi connectivity index (χ1v) is 4.17. The van der Waals surface area contributed by atoms with Crippen LogP contribution in [0.1, 0.15) is 18.4 Å². The fourth-order valence-corrected chi connectivity index (χ4v) is 1.26. The van der Waals surface area contributed by atoms with Crippen molar-refractivity contribution in [3.8, 4) is 5.75 Å². The Morgan fingerprint density at radius 3 is 2.83 bits per heavy atom. The molecule has 1 aromatic carbocycles. The van der Waals surface area contributed by atoms with E-state index in [1.807, 2.05) is 25.2 Å². The third-order valence-corrected chi connectivity index (χ3v) is 1.95. The van der Waals surface area contributed by atoms with Gasteiger partial charge in [0.15, 0.2) is 0 Å². The van der Waals surface area contributed by atoms with Crippen LogP contribution in [0.15, 0.2) is 24.3 Å². The lowest BCUT2D eigenvalue weighted by atomic mass is 10.0. The molecule has 0 unspecified atom stereocenters. The molecule has 2 N–H and O–H groups in total. The van der Waals surface area contributed by atoms with Gasteiger partial charge in [-0.15, -0.1) is 0 Å². The highest BCUT2D eigenvalue weighted by Gasteiger charge is 2.03. The maximum Gasteiger partial charge on any atom is 0.115 e. The van der Waals surface area contributed by atoms with E-state index in [4.69, 9.17) is 0 Å². The lowest BCUT2D eigenvalue weighted by Crippen LogP contribution is -2.14. The molecule has 0 bridgehead atoms. The molecule has 0 fully saturated rings. The van der Waals surface area contributed by atoms with Crippen LogP contribution < -0.4 is 5.32 Å². The number of likely N-dealkylation sites (N-methyl/N-ethyl adjacent to an activating group) is 1. The summed E-state index contributed by atoms with van der Waals surface area (Å²) in [7, 11) is 1.93. The minimum atomic E-state index is 0.343. The lowest BCUT2D eigenvalue weighted by Gasteiger charge is -2.10. The summed E-state index contributed by atoms with van der Waals surface area (Å²) in [4.78, 5) is 0. The van der Waals surface area contributed by atoms with Crippen LogP contribution in [-0.2, 0) is 0 Å². The molecule has 0 heterocycles. The highest BCUT2D eigenvalue weighted by atomic mass is 16.3. The molecule has 2 heteroatoms. The molecule has 0 radical (unpaired) electrons. The Bertz CT molecular complexity index is 247. The number of hydrogen-bond donors (Lipinski definition) is 2. The Balaban J connectivity index is 2.73. The summed E-state index contributed by atoms with van der Waals surface area (Å²) in [6, 6.07) is 7.40. The Labute approximate surface area is 73.2 Å². The largest absolute Gasteiger partial charge is 0.508 e. The average Bonchev–Trinajstić information content (AvgIpc) is 2.05. The fourth-order valence-electron chi connectivity index (χ4n) is 1.26. The van der Waals surface area contributed by atoms with Crippen molar-refractivity contribution in [2.24, 2.45) is 0 Å². The predicted octanol–water partition coefficient (Wildman–Crippen LogP) is 1.72. The Kier molecular flexibility index (Phi) is 3.11. The number of phenols is 1. The van der Waals surface area contributed by atoms with Crippen LogP contribution in [0.3, 0.4) is 0 Å². The van der Waals surface area contributed by atoms with Gasteiger partial charge in [0.1, 0.15) is 5.75 Å². The van der Waals surface area contributed by atoms with Crippen molar-refractivity contribution in [2.75, 3.05) is 13.6 Å². The summed E-state index contributed by atoms with van der Waals surface area (Å²) >= 11 is 0. The zero-order valence-electron chi connectivity index (χ0n) is 7.54. The summed E-state index contributed by atoms with van der Waals surface area (Å²) in [5.74, 6) is 0.789. The molecule has 0 spiro atoms. The van der Waals surface area contributed by atoms with E-state index in [2.05, 4.69) is 12.2 Å². The third kappa shape index (κ3) is 2.24. The van der Waals surface area contributed by atoms with Crippen LogP contribution in [-0.4, -0.2) is 18.7 Å². The molecular formula is C10H15NO. The summed E-state index contributed by atoms with van der Waals surface area (Å²) in [5.41, 5.74) is 1.17. The van der Waals surface area contributed by atoms with Gasteiger partial charge in [0.05, 0.1) is 0 Å². The second kappa shape index (κ2) is 4.12. The van der Waals surface area contributed by atoms with E-state index >= 15 is 0 Å². The van der Waals surface area contributed by atoms with Crippen LogP contribution >= 0.6 is 0 Å². The SMILES string of the molecule is CNC[C@H](C)c1cccc(O)c1. The van der Waals surface area contributed by atoms with Gasteiger partial charge in [0.25, 0.3) is 0 Å². The number of hydrogen-bond acceptors (Lipinski definition) is 2. The Morgan fingerprint density at radius 2 is 2.25 bits per heavy atom. The van der Waals surface area contributed by atoms with Crippen molar-refractivity contribution >= 4 is 0 Å². The molecule has 0 amide bonds. The molecule has 0 aliphatic heterocycles. The van der Waals surface area contributed by atoms with Gasteiger partial charge in [-0.05, 0) is 30.7 Å². The first-order valence-electron chi connectivity index (χ1n) is 4.17. The van der Waals surface area contributed by atoms with Crippen LogP contribution in [0.4, 0.5) is 0 Å². The quantitative estimate of drug-likeness (QED) is 0.714. The van der Waals surface area contributed by atoms with E-state index in [0.29, 0.717) is 11.7 Å². The second-order valence-electron chi connectivity index (χ2n) is 3.05. The average molecular weight is 165 g/mol. The number of phenolic OH excluding ortho intramolecular Hbond substituents is 1. The molecule has 0 saturated carbocycles. The van der Waals surface area contributed by atoms with Crippen molar-refractivity contribution in [1.29, 1.82) is 0 Å². The molecule has 1 rings (SSSR count). The number of nitrogens with one attached hydrogen (secondary N) is 1. The van der Waals surface area contributed by atoms with Gasteiger partial charge in [-0.3, -0.25) is 0 Å². The van der Waals surface area contributed by atoms with Crippen LogP contribution in [0.25, 0.3) is 0 Å². The minimum Gasteiger partial charge on any atom is -0.508 e. The zero-order chi connectivity index (χ0) is 8.97. The van der Waals surface area contributed by atoms with E-state index in [0.717, 1.165) is 6.54 Å². The van der Waals surface area contributed by atoms with Gasteiger partial charge in [-0.2, -0.15) is 0 Å². The van der Waals surface area contributed by atoms with E-state index in [-0.39, 0.29) is 0 Å². The molecule has 2 nitrogen and oxygen atoms in total. The van der Waals surface area contributed by atoms with Crippen LogP contribution in [0, 0.1) is 0 Å². The van der Waals surface area contributed by atoms with Crippen molar-refractivity contribution in [2.45, 2.75) is 12.8 Å². The van der Waals surface area contributed by atoms with E-state index in [1.165, 1.54) is 5.56 Å². The topological polar surface area (TPSA) is 32.3 Å². The van der Waals surface area contributed by atoms with E-state index < -0.39 is 0 Å². The maximum absolute atomic E-state index is 9.21. The first kappa shape index (κ1) is 9.07. The molecular weight excluding hydrogens is 150 g/mol. The number of aromatic hydroxyl groups is 1. The summed E-state index contributed by atoms with van der Waals surface area (Å²) in [5, 5.41) is 12.3. The smallest absolute Gasteiger partial charge is 0.115 e. The zero-order valence-corrected chi connectivity index (χ0v) is 7.54. The maximum atomic E-state index is 9.21. The highest BCUT2D eigenvalue weighted by molar-refractivity contribution is 5.29. The highest BCUT2D eigenvalue weighted by Crippen LogP contribution is 2.18.